The predicted octanol–water partition coefficient (Wildman–Crippen LogP) is 0.775. The molecular formula is C17H25N5O2. The van der Waals surface area contributed by atoms with Crippen LogP contribution in [0.3, 0.4) is 0 Å². The fourth-order valence-corrected chi connectivity index (χ4v) is 2.88. The highest BCUT2D eigenvalue weighted by molar-refractivity contribution is 5.51. The lowest BCUT2D eigenvalue weighted by atomic mass is 10.1. The molecule has 2 N–H and O–H groups in total. The Morgan fingerprint density at radius 2 is 1.92 bits per heavy atom. The van der Waals surface area contributed by atoms with Crippen molar-refractivity contribution < 1.29 is 10.6 Å². The van der Waals surface area contributed by atoms with Gasteiger partial charge in [-0.25, -0.2) is 14.0 Å². The SMILES string of the molecule is [2H]c1c([2H])c(-n2cnn([C@@H](CC)[C@H](C)O)c2=O)c([2H])c([2H])c1N1CCNCC1. The van der Waals surface area contributed by atoms with E-state index in [2.05, 4.69) is 10.4 Å². The van der Waals surface area contributed by atoms with E-state index >= 15 is 0 Å². The molecule has 0 saturated carbocycles. The number of piperazine rings is 1. The Kier molecular flexibility index (Phi) is 3.68. The zero-order valence-electron chi connectivity index (χ0n) is 17.9. The zero-order valence-corrected chi connectivity index (χ0v) is 13.9. The summed E-state index contributed by atoms with van der Waals surface area (Å²) in [5, 5.41) is 17.1. The largest absolute Gasteiger partial charge is 0.391 e. The van der Waals surface area contributed by atoms with Gasteiger partial charge in [0.25, 0.3) is 0 Å². The molecular weight excluding hydrogens is 306 g/mol. The van der Waals surface area contributed by atoms with Crippen LogP contribution in [-0.2, 0) is 0 Å². The van der Waals surface area contributed by atoms with Gasteiger partial charge in [-0.2, -0.15) is 5.10 Å². The molecule has 2 atom stereocenters. The molecule has 1 aliphatic rings. The average molecular weight is 335 g/mol. The highest BCUT2D eigenvalue weighted by Gasteiger charge is 2.20. The minimum absolute atomic E-state index is 0.134. The second-order valence-corrected chi connectivity index (χ2v) is 5.88. The molecule has 0 radical (unpaired) electrons. The number of nitrogens with one attached hydrogen (secondary N) is 1. The summed E-state index contributed by atoms with van der Waals surface area (Å²) in [5.74, 6) is 0. The molecule has 0 unspecified atom stereocenters. The van der Waals surface area contributed by atoms with Crippen LogP contribution in [0.5, 0.6) is 0 Å². The van der Waals surface area contributed by atoms with Gasteiger partial charge in [-0.15, -0.1) is 0 Å². The fraction of sp³-hybridized carbons (Fsp3) is 0.529. The second-order valence-electron chi connectivity index (χ2n) is 5.88. The van der Waals surface area contributed by atoms with Crippen molar-refractivity contribution in [2.45, 2.75) is 32.4 Å². The lowest BCUT2D eigenvalue weighted by molar-refractivity contribution is 0.118. The quantitative estimate of drug-likeness (QED) is 0.844. The number of aromatic nitrogens is 3. The van der Waals surface area contributed by atoms with Gasteiger partial charge in [-0.1, -0.05) is 6.92 Å². The molecule has 1 fully saturated rings. The number of hydrogen-bond donors (Lipinski definition) is 2. The van der Waals surface area contributed by atoms with Gasteiger partial charge in [0, 0.05) is 31.9 Å². The van der Waals surface area contributed by atoms with E-state index in [0.29, 0.717) is 32.6 Å². The summed E-state index contributed by atoms with van der Waals surface area (Å²) in [6.07, 6.45) is 0.860. The molecule has 0 spiro atoms. The number of rotatable bonds is 5. The lowest BCUT2D eigenvalue weighted by Crippen LogP contribution is -2.43. The number of hydrogen-bond acceptors (Lipinski definition) is 5. The van der Waals surface area contributed by atoms with Gasteiger partial charge in [0.1, 0.15) is 6.33 Å². The van der Waals surface area contributed by atoms with Crippen LogP contribution in [0.15, 0.2) is 35.3 Å². The van der Waals surface area contributed by atoms with E-state index in [1.54, 1.807) is 6.92 Å². The van der Waals surface area contributed by atoms with Crippen molar-refractivity contribution in [2.75, 3.05) is 31.1 Å². The summed E-state index contributed by atoms with van der Waals surface area (Å²) in [6.45, 7) is 5.95. The standard InChI is InChI=1S/C17H25N5O2/c1-3-16(13(2)23)22-17(24)21(12-19-22)15-6-4-14(5-7-15)20-10-8-18-9-11-20/h4-7,12-13,16,18,23H,3,8-11H2,1-2H3/t13-,16-/m0/s1/i4D,5D,6D,7D. The summed E-state index contributed by atoms with van der Waals surface area (Å²) in [5.41, 5.74) is -0.495. The molecule has 1 aliphatic heterocycles. The Bertz CT molecular complexity index is 892. The number of anilines is 1. The van der Waals surface area contributed by atoms with Gasteiger partial charge in [-0.05, 0) is 37.5 Å². The predicted molar refractivity (Wildman–Crippen MR) is 93.9 cm³/mol. The zero-order chi connectivity index (χ0) is 20.6. The van der Waals surface area contributed by atoms with Crippen molar-refractivity contribution >= 4 is 5.69 Å². The Morgan fingerprint density at radius 3 is 2.50 bits per heavy atom. The van der Waals surface area contributed by atoms with Crippen molar-refractivity contribution in [3.05, 3.63) is 41.0 Å². The molecule has 0 bridgehead atoms. The molecule has 2 heterocycles. The van der Waals surface area contributed by atoms with Crippen molar-refractivity contribution in [2.24, 2.45) is 0 Å². The third-order valence-electron chi connectivity index (χ3n) is 4.26. The molecule has 1 aromatic carbocycles. The van der Waals surface area contributed by atoms with E-state index in [4.69, 9.17) is 5.48 Å². The Hall–Kier alpha value is -2.12. The van der Waals surface area contributed by atoms with Gasteiger partial charge >= 0.3 is 5.69 Å². The summed E-state index contributed by atoms with van der Waals surface area (Å²) in [7, 11) is 0. The third-order valence-corrected chi connectivity index (χ3v) is 4.26. The van der Waals surface area contributed by atoms with Crippen LogP contribution >= 0.6 is 0 Å². The second kappa shape index (κ2) is 7.19. The normalized spacial score (nSPS) is 20.0. The first-order chi connectivity index (χ1) is 13.3. The Balaban J connectivity index is 2.14. The molecule has 1 aromatic heterocycles. The monoisotopic (exact) mass is 335 g/mol. The van der Waals surface area contributed by atoms with E-state index in [9.17, 15) is 9.90 Å². The van der Waals surface area contributed by atoms with Crippen LogP contribution in [0.4, 0.5) is 5.69 Å². The average Bonchev–Trinajstić information content (AvgIpc) is 3.03. The summed E-state index contributed by atoms with van der Waals surface area (Å²) >= 11 is 0. The van der Waals surface area contributed by atoms with Gasteiger partial charge < -0.3 is 15.3 Å². The van der Waals surface area contributed by atoms with Crippen LogP contribution in [0.1, 0.15) is 31.8 Å². The van der Waals surface area contributed by atoms with Crippen molar-refractivity contribution in [1.82, 2.24) is 19.7 Å². The maximum Gasteiger partial charge on any atom is 0.350 e. The molecule has 7 nitrogen and oxygen atoms in total. The maximum atomic E-state index is 12.8. The molecule has 0 aliphatic carbocycles. The first kappa shape index (κ1) is 12.3. The topological polar surface area (TPSA) is 75.3 Å². The number of benzene rings is 1. The molecule has 2 aromatic rings. The summed E-state index contributed by atoms with van der Waals surface area (Å²) in [6, 6.07) is -1.48. The molecule has 3 rings (SSSR count). The van der Waals surface area contributed by atoms with Crippen LogP contribution in [0, 0.1) is 0 Å². The summed E-state index contributed by atoms with van der Waals surface area (Å²) in [4.78, 5) is 14.7. The van der Waals surface area contributed by atoms with E-state index < -0.39 is 17.8 Å². The van der Waals surface area contributed by atoms with E-state index in [0.717, 1.165) is 9.25 Å². The van der Waals surface area contributed by atoms with Gasteiger partial charge in [-0.3, -0.25) is 0 Å². The number of aliphatic hydroxyl groups is 1. The van der Waals surface area contributed by atoms with E-state index in [-0.39, 0.29) is 35.5 Å². The van der Waals surface area contributed by atoms with Gasteiger partial charge in [0.2, 0.25) is 0 Å². The molecule has 7 heteroatoms. The van der Waals surface area contributed by atoms with Crippen LogP contribution in [0.25, 0.3) is 5.69 Å². The highest BCUT2D eigenvalue weighted by atomic mass is 16.3. The highest BCUT2D eigenvalue weighted by Crippen LogP contribution is 2.18. The molecule has 0 amide bonds. The number of nitrogens with zero attached hydrogens (tertiary/aromatic N) is 4. The lowest BCUT2D eigenvalue weighted by Gasteiger charge is -2.29. The van der Waals surface area contributed by atoms with E-state index in [1.165, 1.54) is 6.33 Å². The smallest absolute Gasteiger partial charge is 0.350 e. The minimum atomic E-state index is -0.800. The van der Waals surface area contributed by atoms with E-state index in [1.807, 2.05) is 11.8 Å². The summed E-state index contributed by atoms with van der Waals surface area (Å²) < 4.78 is 35.7. The minimum Gasteiger partial charge on any atom is -0.391 e. The van der Waals surface area contributed by atoms with Crippen LogP contribution in [0.2, 0.25) is 0 Å². The van der Waals surface area contributed by atoms with Crippen molar-refractivity contribution in [3.8, 4) is 5.69 Å². The van der Waals surface area contributed by atoms with Crippen molar-refractivity contribution in [1.29, 1.82) is 0 Å². The first-order valence-corrected chi connectivity index (χ1v) is 8.20. The Morgan fingerprint density at radius 1 is 1.29 bits per heavy atom. The fourth-order valence-electron chi connectivity index (χ4n) is 2.88. The maximum absolute atomic E-state index is 12.8. The first-order valence-electron chi connectivity index (χ1n) is 10.2. The molecule has 1 saturated heterocycles. The Labute approximate surface area is 147 Å². The number of aliphatic hydroxyl groups excluding tert-OH is 1. The molecule has 130 valence electrons. The van der Waals surface area contributed by atoms with Gasteiger partial charge in [0.05, 0.1) is 23.3 Å². The third kappa shape index (κ3) is 3.22. The van der Waals surface area contributed by atoms with Gasteiger partial charge in [0.15, 0.2) is 0 Å². The van der Waals surface area contributed by atoms with Crippen LogP contribution < -0.4 is 15.9 Å². The van der Waals surface area contributed by atoms with Crippen LogP contribution in [-0.4, -0.2) is 51.7 Å². The molecule has 24 heavy (non-hydrogen) atoms. The van der Waals surface area contributed by atoms with Crippen molar-refractivity contribution in [3.63, 3.8) is 0 Å².